The summed E-state index contributed by atoms with van der Waals surface area (Å²) in [5.74, 6) is 0. The molecule has 0 spiro atoms. The lowest BCUT2D eigenvalue weighted by Crippen LogP contribution is -2.17. The highest BCUT2D eigenvalue weighted by Crippen LogP contribution is 2.34. The molecule has 0 bridgehead atoms. The zero-order chi connectivity index (χ0) is 12.4. The number of nitrogens with two attached hydrogens (primary N) is 1. The van der Waals surface area contributed by atoms with Crippen molar-refractivity contribution < 1.29 is 0 Å². The lowest BCUT2D eigenvalue weighted by atomic mass is 10.2. The van der Waals surface area contributed by atoms with Gasteiger partial charge in [-0.05, 0) is 49.7 Å². The van der Waals surface area contributed by atoms with Gasteiger partial charge in [0.05, 0.1) is 22.4 Å². The summed E-state index contributed by atoms with van der Waals surface area (Å²) in [6, 6.07) is 1.88. The van der Waals surface area contributed by atoms with E-state index < -0.39 is 0 Å². The standard InChI is InChI=1S/C11H13Br2N3S/c1-2-4-16-10(8(13)6-15-16)9(14)11-7(12)3-5-17-11/h3,5-6,9H,2,4,14H2,1H3. The highest BCUT2D eigenvalue weighted by molar-refractivity contribution is 9.10. The number of hydrogen-bond donors (Lipinski definition) is 1. The van der Waals surface area contributed by atoms with E-state index in [2.05, 4.69) is 43.9 Å². The quantitative estimate of drug-likeness (QED) is 0.875. The molecule has 0 saturated carbocycles. The Morgan fingerprint density at radius 2 is 2.24 bits per heavy atom. The molecule has 2 heterocycles. The Morgan fingerprint density at radius 3 is 2.82 bits per heavy atom. The van der Waals surface area contributed by atoms with Crippen LogP contribution in [0.25, 0.3) is 0 Å². The number of nitrogens with zero attached hydrogens (tertiary/aromatic N) is 2. The molecule has 2 aromatic heterocycles. The number of halogens is 2. The van der Waals surface area contributed by atoms with E-state index in [-0.39, 0.29) is 6.04 Å². The fourth-order valence-corrected chi connectivity index (χ4v) is 3.89. The largest absolute Gasteiger partial charge is 0.318 e. The van der Waals surface area contributed by atoms with Crippen LogP contribution in [-0.2, 0) is 6.54 Å². The van der Waals surface area contributed by atoms with E-state index in [9.17, 15) is 0 Å². The highest BCUT2D eigenvalue weighted by Gasteiger charge is 2.20. The predicted molar refractivity (Wildman–Crippen MR) is 78.3 cm³/mol. The van der Waals surface area contributed by atoms with Gasteiger partial charge in [0.2, 0.25) is 0 Å². The minimum Gasteiger partial charge on any atom is -0.318 e. The lowest BCUT2D eigenvalue weighted by Gasteiger charge is -2.14. The second-order valence-corrected chi connectivity index (χ2v) is 6.37. The maximum Gasteiger partial charge on any atom is 0.0839 e. The van der Waals surface area contributed by atoms with Gasteiger partial charge < -0.3 is 5.73 Å². The summed E-state index contributed by atoms with van der Waals surface area (Å²) in [5, 5.41) is 6.38. The van der Waals surface area contributed by atoms with Gasteiger partial charge in [-0.2, -0.15) is 5.10 Å². The van der Waals surface area contributed by atoms with Gasteiger partial charge in [0.1, 0.15) is 0 Å². The number of hydrogen-bond acceptors (Lipinski definition) is 3. The van der Waals surface area contributed by atoms with Crippen LogP contribution in [0.15, 0.2) is 26.6 Å². The second-order valence-electron chi connectivity index (χ2n) is 3.71. The van der Waals surface area contributed by atoms with Crippen molar-refractivity contribution in [3.63, 3.8) is 0 Å². The Kier molecular flexibility index (Phi) is 4.41. The average Bonchev–Trinajstić information content (AvgIpc) is 2.86. The first-order valence-electron chi connectivity index (χ1n) is 5.34. The Morgan fingerprint density at radius 1 is 1.47 bits per heavy atom. The lowest BCUT2D eigenvalue weighted by molar-refractivity contribution is 0.560. The summed E-state index contributed by atoms with van der Waals surface area (Å²) >= 11 is 8.71. The maximum absolute atomic E-state index is 6.33. The molecule has 2 rings (SSSR count). The Bertz CT molecular complexity index is 507. The Balaban J connectivity index is 2.39. The van der Waals surface area contributed by atoms with Crippen LogP contribution in [0.4, 0.5) is 0 Å². The van der Waals surface area contributed by atoms with Gasteiger partial charge >= 0.3 is 0 Å². The van der Waals surface area contributed by atoms with Crippen molar-refractivity contribution in [1.82, 2.24) is 9.78 Å². The molecule has 0 aromatic carbocycles. The molecule has 2 N–H and O–H groups in total. The molecule has 0 aliphatic carbocycles. The molecule has 0 saturated heterocycles. The zero-order valence-corrected chi connectivity index (χ0v) is 13.3. The summed E-state index contributed by atoms with van der Waals surface area (Å²) in [4.78, 5) is 1.13. The van der Waals surface area contributed by atoms with E-state index in [1.807, 2.05) is 22.3 Å². The minimum absolute atomic E-state index is 0.146. The normalized spacial score (nSPS) is 12.9. The molecule has 17 heavy (non-hydrogen) atoms. The van der Waals surface area contributed by atoms with Gasteiger partial charge in [0.25, 0.3) is 0 Å². The monoisotopic (exact) mass is 377 g/mol. The fourth-order valence-electron chi connectivity index (χ4n) is 1.72. The van der Waals surface area contributed by atoms with Crippen LogP contribution in [0.2, 0.25) is 0 Å². The van der Waals surface area contributed by atoms with Gasteiger partial charge in [-0.25, -0.2) is 0 Å². The third-order valence-corrected chi connectivity index (χ3v) is 5.06. The average molecular weight is 379 g/mol. The summed E-state index contributed by atoms with van der Waals surface area (Å²) in [6.07, 6.45) is 2.85. The molecule has 3 nitrogen and oxygen atoms in total. The van der Waals surface area contributed by atoms with Crippen LogP contribution in [-0.4, -0.2) is 9.78 Å². The highest BCUT2D eigenvalue weighted by atomic mass is 79.9. The van der Waals surface area contributed by atoms with Crippen LogP contribution in [0.3, 0.4) is 0 Å². The van der Waals surface area contributed by atoms with Gasteiger partial charge in [-0.3, -0.25) is 4.68 Å². The zero-order valence-electron chi connectivity index (χ0n) is 9.36. The first-order valence-corrected chi connectivity index (χ1v) is 7.81. The molecule has 0 amide bonds. The molecule has 0 aliphatic heterocycles. The molecular formula is C11H13Br2N3S. The van der Waals surface area contributed by atoms with Crippen LogP contribution in [0.1, 0.15) is 30.0 Å². The second kappa shape index (κ2) is 5.65. The van der Waals surface area contributed by atoms with Crippen molar-refractivity contribution in [2.45, 2.75) is 25.9 Å². The number of aryl methyl sites for hydroxylation is 1. The van der Waals surface area contributed by atoms with Crippen LogP contribution < -0.4 is 5.73 Å². The van der Waals surface area contributed by atoms with Gasteiger partial charge in [0, 0.05) is 15.9 Å². The van der Waals surface area contributed by atoms with Gasteiger partial charge in [-0.1, -0.05) is 6.92 Å². The molecule has 0 fully saturated rings. The topological polar surface area (TPSA) is 43.8 Å². The van der Waals surface area contributed by atoms with E-state index in [1.165, 1.54) is 0 Å². The summed E-state index contributed by atoms with van der Waals surface area (Å²) in [5.41, 5.74) is 7.36. The Labute approximate surface area is 121 Å². The van der Waals surface area contributed by atoms with Gasteiger partial charge in [0.15, 0.2) is 0 Å². The molecule has 2 aromatic rings. The number of rotatable bonds is 4. The van der Waals surface area contributed by atoms with Crippen molar-refractivity contribution >= 4 is 43.2 Å². The van der Waals surface area contributed by atoms with Crippen molar-refractivity contribution in [3.8, 4) is 0 Å². The molecule has 92 valence electrons. The van der Waals surface area contributed by atoms with Crippen LogP contribution in [0, 0.1) is 0 Å². The first kappa shape index (κ1) is 13.3. The molecular weight excluding hydrogens is 366 g/mol. The SMILES string of the molecule is CCCn1ncc(Br)c1C(N)c1sccc1Br. The van der Waals surface area contributed by atoms with E-state index in [0.717, 1.165) is 32.5 Å². The molecule has 6 heteroatoms. The van der Waals surface area contributed by atoms with Crippen molar-refractivity contribution in [2.24, 2.45) is 5.73 Å². The minimum atomic E-state index is -0.146. The molecule has 0 radical (unpaired) electrons. The maximum atomic E-state index is 6.33. The van der Waals surface area contributed by atoms with Crippen LogP contribution in [0.5, 0.6) is 0 Å². The smallest absolute Gasteiger partial charge is 0.0839 e. The molecule has 1 unspecified atom stereocenters. The third kappa shape index (κ3) is 2.65. The third-order valence-electron chi connectivity index (χ3n) is 2.49. The molecule has 1 atom stereocenters. The van der Waals surface area contributed by atoms with Crippen molar-refractivity contribution in [1.29, 1.82) is 0 Å². The number of aromatic nitrogens is 2. The summed E-state index contributed by atoms with van der Waals surface area (Å²) in [7, 11) is 0. The van der Waals surface area contributed by atoms with E-state index in [1.54, 1.807) is 11.3 Å². The first-order chi connectivity index (χ1) is 8.15. The number of thiophene rings is 1. The molecule has 0 aliphatic rings. The summed E-state index contributed by atoms with van der Waals surface area (Å²) in [6.45, 7) is 3.02. The van der Waals surface area contributed by atoms with Crippen LogP contribution >= 0.6 is 43.2 Å². The van der Waals surface area contributed by atoms with E-state index >= 15 is 0 Å². The summed E-state index contributed by atoms with van der Waals surface area (Å²) < 4.78 is 4.01. The van der Waals surface area contributed by atoms with Gasteiger partial charge in [-0.15, -0.1) is 11.3 Å². The van der Waals surface area contributed by atoms with Crippen molar-refractivity contribution in [3.05, 3.63) is 37.2 Å². The Hall–Kier alpha value is -0.170. The predicted octanol–water partition coefficient (Wildman–Crippen LogP) is 3.93. The van der Waals surface area contributed by atoms with E-state index in [4.69, 9.17) is 5.73 Å². The van der Waals surface area contributed by atoms with Crippen molar-refractivity contribution in [2.75, 3.05) is 0 Å². The van der Waals surface area contributed by atoms with E-state index in [0.29, 0.717) is 0 Å². The fraction of sp³-hybridized carbons (Fsp3) is 0.364.